The summed E-state index contributed by atoms with van der Waals surface area (Å²) < 4.78 is 10.3. The second-order valence-electron chi connectivity index (χ2n) is 3.68. The average Bonchev–Trinajstić information content (AvgIpc) is 2.36. The highest BCUT2D eigenvalue weighted by molar-refractivity contribution is 5.18. The van der Waals surface area contributed by atoms with Crippen LogP contribution in [-0.2, 0) is 9.47 Å². The normalized spacial score (nSPS) is 13.0. The molecule has 3 heteroatoms. The molecule has 0 aliphatic rings. The zero-order chi connectivity index (χ0) is 11.8. The van der Waals surface area contributed by atoms with Crippen molar-refractivity contribution in [2.45, 2.75) is 25.7 Å². The van der Waals surface area contributed by atoms with E-state index in [1.165, 1.54) is 5.56 Å². The third-order valence-corrected chi connectivity index (χ3v) is 2.67. The van der Waals surface area contributed by atoms with Crippen LogP contribution in [0.15, 0.2) is 30.3 Å². The Morgan fingerprint density at radius 1 is 1.12 bits per heavy atom. The van der Waals surface area contributed by atoms with Crippen LogP contribution >= 0.6 is 0 Å². The van der Waals surface area contributed by atoms with Crippen LogP contribution in [0.4, 0.5) is 0 Å². The van der Waals surface area contributed by atoms with Crippen molar-refractivity contribution in [1.82, 2.24) is 5.32 Å². The van der Waals surface area contributed by atoms with E-state index < -0.39 is 0 Å². The highest BCUT2D eigenvalue weighted by Gasteiger charge is 2.11. The van der Waals surface area contributed by atoms with Gasteiger partial charge >= 0.3 is 0 Å². The minimum atomic E-state index is -0.183. The molecule has 0 bridgehead atoms. The van der Waals surface area contributed by atoms with E-state index in [0.29, 0.717) is 12.6 Å². The van der Waals surface area contributed by atoms with E-state index in [1.807, 2.05) is 6.07 Å². The van der Waals surface area contributed by atoms with Crippen LogP contribution in [0, 0.1) is 0 Å². The summed E-state index contributed by atoms with van der Waals surface area (Å²) in [5.74, 6) is 0. The highest BCUT2D eigenvalue weighted by atomic mass is 16.7. The Kier molecular flexibility index (Phi) is 6.08. The van der Waals surface area contributed by atoms with Crippen LogP contribution in [0.25, 0.3) is 0 Å². The Morgan fingerprint density at radius 2 is 1.75 bits per heavy atom. The molecular formula is C13H21NO2. The summed E-state index contributed by atoms with van der Waals surface area (Å²) in [7, 11) is 3.30. The van der Waals surface area contributed by atoms with Crippen molar-refractivity contribution < 1.29 is 9.47 Å². The predicted octanol–water partition coefficient (Wildman–Crippen LogP) is 2.35. The van der Waals surface area contributed by atoms with Gasteiger partial charge in [0.25, 0.3) is 0 Å². The molecule has 0 aliphatic heterocycles. The molecule has 1 N–H and O–H groups in total. The number of benzene rings is 1. The van der Waals surface area contributed by atoms with E-state index in [9.17, 15) is 0 Å². The second-order valence-corrected chi connectivity index (χ2v) is 3.68. The Balaban J connectivity index is 2.50. The van der Waals surface area contributed by atoms with Crippen LogP contribution in [0.5, 0.6) is 0 Å². The van der Waals surface area contributed by atoms with Gasteiger partial charge in [0.1, 0.15) is 0 Å². The molecule has 1 rings (SSSR count). The Hall–Kier alpha value is -0.900. The van der Waals surface area contributed by atoms with E-state index >= 15 is 0 Å². The van der Waals surface area contributed by atoms with Gasteiger partial charge in [0.15, 0.2) is 6.29 Å². The number of hydrogen-bond donors (Lipinski definition) is 1. The lowest BCUT2D eigenvalue weighted by Crippen LogP contribution is -2.32. The molecule has 1 unspecified atom stereocenters. The van der Waals surface area contributed by atoms with E-state index in [-0.39, 0.29) is 6.29 Å². The molecular weight excluding hydrogens is 202 g/mol. The molecule has 0 saturated carbocycles. The molecule has 1 aromatic rings. The van der Waals surface area contributed by atoms with Gasteiger partial charge < -0.3 is 14.8 Å². The van der Waals surface area contributed by atoms with Crippen LogP contribution in [-0.4, -0.2) is 27.1 Å². The fourth-order valence-electron chi connectivity index (χ4n) is 1.68. The zero-order valence-electron chi connectivity index (χ0n) is 10.3. The zero-order valence-corrected chi connectivity index (χ0v) is 10.3. The lowest BCUT2D eigenvalue weighted by Gasteiger charge is -2.20. The number of methoxy groups -OCH3 is 2. The van der Waals surface area contributed by atoms with Gasteiger partial charge in [0, 0.05) is 26.8 Å². The first-order valence-electron chi connectivity index (χ1n) is 5.65. The van der Waals surface area contributed by atoms with Gasteiger partial charge in [-0.05, 0) is 12.0 Å². The summed E-state index contributed by atoms with van der Waals surface area (Å²) in [5.41, 5.74) is 1.30. The highest BCUT2D eigenvalue weighted by Crippen LogP contribution is 2.15. The van der Waals surface area contributed by atoms with Crippen molar-refractivity contribution >= 4 is 0 Å². The molecule has 0 fully saturated rings. The van der Waals surface area contributed by atoms with Crippen molar-refractivity contribution in [3.63, 3.8) is 0 Å². The maximum atomic E-state index is 5.15. The van der Waals surface area contributed by atoms with Gasteiger partial charge in [0.05, 0.1) is 0 Å². The van der Waals surface area contributed by atoms with Crippen LogP contribution in [0.2, 0.25) is 0 Å². The Morgan fingerprint density at radius 3 is 2.25 bits per heavy atom. The Bertz CT molecular complexity index is 273. The molecule has 3 nitrogen and oxygen atoms in total. The first-order chi connectivity index (χ1) is 7.81. The van der Waals surface area contributed by atoms with Crippen molar-refractivity contribution in [2.75, 3.05) is 20.8 Å². The molecule has 0 aliphatic carbocycles. The standard InChI is InChI=1S/C13H21NO2/c1-4-12(11-8-6-5-7-9-11)14-10-13(15-2)16-3/h5-9,12-14H,4,10H2,1-3H3. The molecule has 1 atom stereocenters. The minimum absolute atomic E-state index is 0.183. The van der Waals surface area contributed by atoms with Crippen molar-refractivity contribution in [3.05, 3.63) is 35.9 Å². The van der Waals surface area contributed by atoms with Crippen LogP contribution in [0.1, 0.15) is 24.9 Å². The first-order valence-corrected chi connectivity index (χ1v) is 5.65. The van der Waals surface area contributed by atoms with E-state index in [4.69, 9.17) is 9.47 Å². The Labute approximate surface area is 97.8 Å². The van der Waals surface area contributed by atoms with E-state index in [0.717, 1.165) is 6.42 Å². The summed E-state index contributed by atoms with van der Waals surface area (Å²) in [5, 5.41) is 3.44. The van der Waals surface area contributed by atoms with E-state index in [1.54, 1.807) is 14.2 Å². The summed E-state index contributed by atoms with van der Waals surface area (Å²) in [6.07, 6.45) is 0.863. The lowest BCUT2D eigenvalue weighted by atomic mass is 10.0. The van der Waals surface area contributed by atoms with Crippen molar-refractivity contribution in [1.29, 1.82) is 0 Å². The third kappa shape index (κ3) is 3.93. The number of hydrogen-bond acceptors (Lipinski definition) is 3. The predicted molar refractivity (Wildman–Crippen MR) is 65.3 cm³/mol. The first kappa shape index (κ1) is 13.2. The van der Waals surface area contributed by atoms with Crippen molar-refractivity contribution in [3.8, 4) is 0 Å². The van der Waals surface area contributed by atoms with Gasteiger partial charge in [-0.2, -0.15) is 0 Å². The van der Waals surface area contributed by atoms with E-state index in [2.05, 4.69) is 36.5 Å². The number of rotatable bonds is 7. The minimum Gasteiger partial charge on any atom is -0.355 e. The molecule has 0 radical (unpaired) electrons. The quantitative estimate of drug-likeness (QED) is 0.720. The fourth-order valence-corrected chi connectivity index (χ4v) is 1.68. The monoisotopic (exact) mass is 223 g/mol. The number of nitrogens with one attached hydrogen (secondary N) is 1. The van der Waals surface area contributed by atoms with Gasteiger partial charge in [-0.25, -0.2) is 0 Å². The molecule has 90 valence electrons. The maximum absolute atomic E-state index is 5.15. The molecule has 0 saturated heterocycles. The van der Waals surface area contributed by atoms with Crippen LogP contribution < -0.4 is 5.32 Å². The molecule has 0 aromatic heterocycles. The van der Waals surface area contributed by atoms with Gasteiger partial charge in [-0.15, -0.1) is 0 Å². The molecule has 0 spiro atoms. The largest absolute Gasteiger partial charge is 0.355 e. The summed E-state index contributed by atoms with van der Waals surface area (Å²) in [6, 6.07) is 10.8. The maximum Gasteiger partial charge on any atom is 0.169 e. The third-order valence-electron chi connectivity index (χ3n) is 2.67. The molecule has 16 heavy (non-hydrogen) atoms. The molecule has 0 heterocycles. The summed E-state index contributed by atoms with van der Waals surface area (Å²) >= 11 is 0. The topological polar surface area (TPSA) is 30.5 Å². The summed E-state index contributed by atoms with van der Waals surface area (Å²) in [6.45, 7) is 2.86. The molecule has 1 aromatic carbocycles. The van der Waals surface area contributed by atoms with Gasteiger partial charge in [0.2, 0.25) is 0 Å². The van der Waals surface area contributed by atoms with Crippen LogP contribution in [0.3, 0.4) is 0 Å². The lowest BCUT2D eigenvalue weighted by molar-refractivity contribution is -0.0999. The second kappa shape index (κ2) is 7.39. The SMILES string of the molecule is CCC(NCC(OC)OC)c1ccccc1. The van der Waals surface area contributed by atoms with Crippen molar-refractivity contribution in [2.24, 2.45) is 0 Å². The van der Waals surface area contributed by atoms with Gasteiger partial charge in [-0.3, -0.25) is 0 Å². The number of ether oxygens (including phenoxy) is 2. The molecule has 0 amide bonds. The smallest absolute Gasteiger partial charge is 0.169 e. The average molecular weight is 223 g/mol. The summed E-state index contributed by atoms with van der Waals surface area (Å²) in [4.78, 5) is 0. The van der Waals surface area contributed by atoms with Gasteiger partial charge in [-0.1, -0.05) is 37.3 Å². The fraction of sp³-hybridized carbons (Fsp3) is 0.538.